The molecule has 1 N–H and O–H groups in total. The zero-order chi connectivity index (χ0) is 20.0. The van der Waals surface area contributed by atoms with E-state index in [4.69, 9.17) is 4.74 Å². The first kappa shape index (κ1) is 21.4. The summed E-state index contributed by atoms with van der Waals surface area (Å²) in [6.07, 6.45) is 10.5. The molecule has 0 unspecified atom stereocenters. The molecule has 2 aliphatic rings. The Morgan fingerprint density at radius 2 is 1.85 bits per heavy atom. The van der Waals surface area contributed by atoms with E-state index in [0.29, 0.717) is 25.0 Å². The fourth-order valence-corrected chi connectivity index (χ4v) is 3.94. The summed E-state index contributed by atoms with van der Waals surface area (Å²) in [5, 5.41) is 9.36. The summed E-state index contributed by atoms with van der Waals surface area (Å²) in [7, 11) is 3.98. The zero-order valence-corrected chi connectivity index (χ0v) is 17.0. The van der Waals surface area contributed by atoms with Gasteiger partial charge in [0.2, 0.25) is 0 Å². The Labute approximate surface area is 162 Å². The zero-order valence-electron chi connectivity index (χ0n) is 17.0. The van der Waals surface area contributed by atoms with Crippen molar-refractivity contribution < 1.29 is 19.4 Å². The number of hydrogen-bond donors (Lipinski definition) is 1. The van der Waals surface area contributed by atoms with Gasteiger partial charge in [0.1, 0.15) is 6.10 Å². The molecule has 0 aromatic heterocycles. The van der Waals surface area contributed by atoms with Gasteiger partial charge in [-0.1, -0.05) is 23.3 Å². The smallest absolute Gasteiger partial charge is 0.331 e. The van der Waals surface area contributed by atoms with Crippen molar-refractivity contribution in [1.29, 1.82) is 0 Å². The third-order valence-electron chi connectivity index (χ3n) is 5.49. The first-order valence-corrected chi connectivity index (χ1v) is 9.88. The van der Waals surface area contributed by atoms with Gasteiger partial charge in [0.05, 0.1) is 5.92 Å². The van der Waals surface area contributed by atoms with Crippen LogP contribution < -0.4 is 0 Å². The van der Waals surface area contributed by atoms with Crippen molar-refractivity contribution in [3.8, 4) is 0 Å². The molecule has 1 saturated heterocycles. The van der Waals surface area contributed by atoms with Crippen molar-refractivity contribution in [1.82, 2.24) is 4.90 Å². The maximum absolute atomic E-state index is 12.5. The Hall–Kier alpha value is -1.88. The second-order valence-electron chi connectivity index (χ2n) is 8.15. The number of allylic oxidation sites excluding steroid dienone is 4. The summed E-state index contributed by atoms with van der Waals surface area (Å²) >= 11 is 0. The van der Waals surface area contributed by atoms with Gasteiger partial charge < -0.3 is 14.7 Å². The number of carboxylic acids is 1. The van der Waals surface area contributed by atoms with Crippen LogP contribution in [0, 0.1) is 11.8 Å². The molecule has 1 aliphatic carbocycles. The predicted molar refractivity (Wildman–Crippen MR) is 106 cm³/mol. The Bertz CT molecular complexity index is 645. The number of nitrogens with zero attached hydrogens (tertiary/aromatic N) is 1. The van der Waals surface area contributed by atoms with Crippen LogP contribution in [0.3, 0.4) is 0 Å². The number of hydrogen-bond acceptors (Lipinski definition) is 4. The summed E-state index contributed by atoms with van der Waals surface area (Å²) < 4.78 is 5.73. The maximum atomic E-state index is 12.5. The van der Waals surface area contributed by atoms with Crippen LogP contribution in [0.2, 0.25) is 0 Å². The molecule has 5 nitrogen and oxygen atoms in total. The van der Waals surface area contributed by atoms with Crippen molar-refractivity contribution >= 4 is 11.9 Å². The van der Waals surface area contributed by atoms with E-state index in [2.05, 4.69) is 24.0 Å². The van der Waals surface area contributed by atoms with Crippen molar-refractivity contribution in [2.24, 2.45) is 11.8 Å². The number of esters is 1. The third-order valence-corrected chi connectivity index (χ3v) is 5.49. The number of aliphatic carboxylic acids is 1. The average Bonchev–Trinajstić information content (AvgIpc) is 2.85. The molecule has 27 heavy (non-hydrogen) atoms. The highest BCUT2D eigenvalue weighted by atomic mass is 16.6. The van der Waals surface area contributed by atoms with Gasteiger partial charge in [-0.2, -0.15) is 0 Å². The first-order chi connectivity index (χ1) is 12.8. The third kappa shape index (κ3) is 6.35. The molecule has 1 aliphatic heterocycles. The number of ether oxygens (including phenoxy) is 1. The Balaban J connectivity index is 2.25. The van der Waals surface area contributed by atoms with Crippen molar-refractivity contribution in [3.63, 3.8) is 0 Å². The Morgan fingerprint density at radius 3 is 2.52 bits per heavy atom. The van der Waals surface area contributed by atoms with E-state index in [0.717, 1.165) is 31.3 Å². The highest BCUT2D eigenvalue weighted by molar-refractivity contribution is 5.86. The molecule has 0 saturated carbocycles. The van der Waals surface area contributed by atoms with Gasteiger partial charge in [-0.25, -0.2) is 4.79 Å². The van der Waals surface area contributed by atoms with Crippen LogP contribution in [0.4, 0.5) is 0 Å². The summed E-state index contributed by atoms with van der Waals surface area (Å²) in [6.45, 7) is 4.83. The van der Waals surface area contributed by atoms with E-state index >= 15 is 0 Å². The van der Waals surface area contributed by atoms with Crippen LogP contribution in [0.15, 0.2) is 34.9 Å². The van der Waals surface area contributed by atoms with Crippen molar-refractivity contribution in [3.05, 3.63) is 34.9 Å². The van der Waals surface area contributed by atoms with Gasteiger partial charge >= 0.3 is 11.9 Å². The number of fused-ring (bicyclic) bond motifs is 1. The Kier molecular flexibility index (Phi) is 7.84. The van der Waals surface area contributed by atoms with Gasteiger partial charge in [-0.15, -0.1) is 0 Å². The molecule has 0 aromatic carbocycles. The molecule has 5 heteroatoms. The average molecular weight is 376 g/mol. The van der Waals surface area contributed by atoms with E-state index in [9.17, 15) is 14.7 Å². The first-order valence-electron chi connectivity index (χ1n) is 9.88. The molecule has 0 radical (unpaired) electrons. The maximum Gasteiger partial charge on any atom is 0.331 e. The second-order valence-corrected chi connectivity index (χ2v) is 8.15. The fraction of sp³-hybridized carbons (Fsp3) is 0.636. The van der Waals surface area contributed by atoms with Crippen LogP contribution in [0.1, 0.15) is 52.4 Å². The molecule has 2 rings (SSSR count). The number of rotatable bonds is 3. The summed E-state index contributed by atoms with van der Waals surface area (Å²) in [6, 6.07) is 0. The number of carboxylic acid groups (broad SMARTS) is 1. The molecule has 0 spiro atoms. The molecule has 1 heterocycles. The molecule has 1 fully saturated rings. The van der Waals surface area contributed by atoms with E-state index in [1.807, 2.05) is 27.1 Å². The van der Waals surface area contributed by atoms with Gasteiger partial charge in [-0.05, 0) is 72.5 Å². The quantitative estimate of drug-likeness (QED) is 0.597. The molecular formula is C22H33NO4. The lowest BCUT2D eigenvalue weighted by Crippen LogP contribution is -2.30. The lowest BCUT2D eigenvalue weighted by molar-refractivity contribution is -0.143. The van der Waals surface area contributed by atoms with E-state index in [1.54, 1.807) is 0 Å². The minimum atomic E-state index is -0.828. The van der Waals surface area contributed by atoms with Crippen LogP contribution in [0.25, 0.3) is 0 Å². The van der Waals surface area contributed by atoms with Crippen molar-refractivity contribution in [2.45, 2.75) is 58.5 Å². The van der Waals surface area contributed by atoms with Crippen molar-refractivity contribution in [2.75, 3.05) is 20.6 Å². The minimum Gasteiger partial charge on any atom is -0.478 e. The predicted octanol–water partition coefficient (Wildman–Crippen LogP) is 3.96. The number of carbonyl (C=O) groups is 2. The molecular weight excluding hydrogens is 342 g/mol. The van der Waals surface area contributed by atoms with Crippen LogP contribution in [-0.4, -0.2) is 48.7 Å². The highest BCUT2D eigenvalue weighted by Crippen LogP contribution is 2.35. The van der Waals surface area contributed by atoms with Crippen LogP contribution >= 0.6 is 0 Å². The molecule has 150 valence electrons. The van der Waals surface area contributed by atoms with E-state index in [-0.39, 0.29) is 23.9 Å². The lowest BCUT2D eigenvalue weighted by Gasteiger charge is -2.22. The largest absolute Gasteiger partial charge is 0.478 e. The summed E-state index contributed by atoms with van der Waals surface area (Å²) in [4.78, 5) is 25.9. The molecule has 0 bridgehead atoms. The topological polar surface area (TPSA) is 66.8 Å². The number of carbonyl (C=O) groups excluding carboxylic acids is 1. The van der Waals surface area contributed by atoms with E-state index in [1.165, 1.54) is 5.57 Å². The minimum absolute atomic E-state index is 0.0896. The Morgan fingerprint density at radius 1 is 1.15 bits per heavy atom. The fourth-order valence-electron chi connectivity index (χ4n) is 3.94. The highest BCUT2D eigenvalue weighted by Gasteiger charge is 2.43. The lowest BCUT2D eigenvalue weighted by atomic mass is 9.84. The molecule has 0 aromatic rings. The monoisotopic (exact) mass is 375 g/mol. The SMILES string of the molecule is C/C1=C/CC/C(C(=O)O)=C\CC/C(C)=C/[C@@H]2OC(=O)[C@@H](CN(C)C)[C@@H]2CC1. The summed E-state index contributed by atoms with van der Waals surface area (Å²) in [5.74, 6) is -0.826. The standard InChI is InChI=1S/C22H33NO4/c1-15-7-5-9-17(21(24)25)10-6-8-16(2)13-20-18(12-11-15)19(14-23(3)4)22(26)27-20/h7,10,13,18-20H,5-6,8-9,11-12,14H2,1-4H3,(H,24,25)/b15-7-,16-13+,17-10+/t18-,19-,20-/m0/s1. The van der Waals surface area contributed by atoms with Crippen LogP contribution in [-0.2, 0) is 14.3 Å². The van der Waals surface area contributed by atoms with E-state index < -0.39 is 5.97 Å². The van der Waals surface area contributed by atoms with Gasteiger partial charge in [0.15, 0.2) is 0 Å². The normalized spacial score (nSPS) is 33.6. The van der Waals surface area contributed by atoms with Crippen LogP contribution in [0.5, 0.6) is 0 Å². The molecule has 0 amide bonds. The second kappa shape index (κ2) is 9.88. The molecule has 3 atom stereocenters. The van der Waals surface area contributed by atoms with Gasteiger partial charge in [0, 0.05) is 18.0 Å². The van der Waals surface area contributed by atoms with Gasteiger partial charge in [0.25, 0.3) is 0 Å². The summed E-state index contributed by atoms with van der Waals surface area (Å²) in [5.41, 5.74) is 2.88. The van der Waals surface area contributed by atoms with Gasteiger partial charge in [-0.3, -0.25) is 4.79 Å².